The lowest BCUT2D eigenvalue weighted by Crippen LogP contribution is -2.53. The molecule has 3 N–H and O–H groups in total. The summed E-state index contributed by atoms with van der Waals surface area (Å²) in [4.78, 5) is 34.0. The molecule has 2 aliphatic rings. The Kier molecular flexibility index (Phi) is 5.65. The molecule has 0 aliphatic carbocycles. The quantitative estimate of drug-likeness (QED) is 0.279. The Morgan fingerprint density at radius 1 is 1.29 bits per heavy atom. The number of nitrogens with zero attached hydrogens (tertiary/aromatic N) is 2. The molecule has 3 amide bonds. The van der Waals surface area contributed by atoms with Crippen LogP contribution in [-0.4, -0.2) is 64.1 Å². The Hall–Kier alpha value is -3.96. The number of amides is 3. The molecule has 2 unspecified atom stereocenters. The van der Waals surface area contributed by atoms with E-state index in [0.29, 0.717) is 32.5 Å². The Morgan fingerprint density at radius 3 is 2.86 bits per heavy atom. The fourth-order valence-corrected chi connectivity index (χ4v) is 5.38. The number of rotatable bonds is 7. The third-order valence-electron chi connectivity index (χ3n) is 7.02. The van der Waals surface area contributed by atoms with Crippen molar-refractivity contribution in [1.29, 1.82) is 0 Å². The Labute approximate surface area is 203 Å². The molecule has 5 rings (SSSR count). The van der Waals surface area contributed by atoms with Crippen molar-refractivity contribution in [1.82, 2.24) is 20.1 Å². The molecule has 180 valence electrons. The van der Waals surface area contributed by atoms with Crippen LogP contribution >= 0.6 is 0 Å². The maximum atomic E-state index is 13.8. The lowest BCUT2D eigenvalue weighted by molar-refractivity contribution is -0.133. The van der Waals surface area contributed by atoms with E-state index in [9.17, 15) is 14.7 Å². The van der Waals surface area contributed by atoms with Gasteiger partial charge >= 0.3 is 6.03 Å². The number of phenolic OH excluding ortho intramolecular Hbond substituents is 1. The summed E-state index contributed by atoms with van der Waals surface area (Å²) in [5.41, 5.74) is 2.39. The van der Waals surface area contributed by atoms with Crippen molar-refractivity contribution in [2.45, 2.75) is 31.3 Å². The first-order valence-electron chi connectivity index (χ1n) is 11.7. The van der Waals surface area contributed by atoms with Crippen molar-refractivity contribution in [3.05, 3.63) is 59.3 Å². The monoisotopic (exact) mass is 472 g/mol. The number of carbonyl (C=O) groups excluding carboxylic acids is 2. The highest BCUT2D eigenvalue weighted by Crippen LogP contribution is 2.49. The molecule has 0 radical (unpaired) electrons. The molecule has 0 bridgehead atoms. The lowest BCUT2D eigenvalue weighted by atomic mass is 9.81. The molecule has 0 spiro atoms. The van der Waals surface area contributed by atoms with E-state index in [0.717, 1.165) is 33.5 Å². The zero-order valence-corrected chi connectivity index (χ0v) is 19.8. The van der Waals surface area contributed by atoms with E-state index >= 15 is 0 Å². The summed E-state index contributed by atoms with van der Waals surface area (Å²) in [6, 6.07) is 11.8. The van der Waals surface area contributed by atoms with Crippen molar-refractivity contribution in [3.63, 3.8) is 0 Å². The molecular formula is C27H28N4O4. The minimum absolute atomic E-state index is 0.100. The second-order valence-corrected chi connectivity index (χ2v) is 9.22. The molecule has 2 aromatic carbocycles. The highest BCUT2D eigenvalue weighted by molar-refractivity contribution is 6.08. The fraction of sp³-hybridized carbons (Fsp3) is 0.333. The Balaban J connectivity index is 1.61. The maximum absolute atomic E-state index is 13.8. The summed E-state index contributed by atoms with van der Waals surface area (Å²) in [5.74, 6) is 3.12. The number of nitrogens with one attached hydrogen (secondary N) is 2. The van der Waals surface area contributed by atoms with Gasteiger partial charge in [0.1, 0.15) is 23.1 Å². The predicted molar refractivity (Wildman–Crippen MR) is 132 cm³/mol. The van der Waals surface area contributed by atoms with Crippen LogP contribution in [0.15, 0.2) is 42.5 Å². The lowest BCUT2D eigenvalue weighted by Gasteiger charge is -2.42. The van der Waals surface area contributed by atoms with Gasteiger partial charge in [-0.1, -0.05) is 18.1 Å². The summed E-state index contributed by atoms with van der Waals surface area (Å²) >= 11 is 0. The van der Waals surface area contributed by atoms with Gasteiger partial charge < -0.3 is 20.1 Å². The molecule has 2 atom stereocenters. The van der Waals surface area contributed by atoms with Crippen LogP contribution in [0.25, 0.3) is 10.9 Å². The first-order valence-corrected chi connectivity index (χ1v) is 11.7. The number of phenols is 1. The molecule has 1 aromatic heterocycles. The van der Waals surface area contributed by atoms with Gasteiger partial charge in [0.15, 0.2) is 0 Å². The van der Waals surface area contributed by atoms with Crippen LogP contribution in [0.5, 0.6) is 11.5 Å². The second-order valence-electron chi connectivity index (χ2n) is 9.22. The van der Waals surface area contributed by atoms with Gasteiger partial charge in [0.2, 0.25) is 0 Å². The molecule has 3 heterocycles. The van der Waals surface area contributed by atoms with Gasteiger partial charge in [-0.15, -0.1) is 6.42 Å². The standard InChI is InChI=1S/C27H28N4O4/c1-4-11-28-12-6-13-30-25(33)27(2)16-21-20-15-19(35-3)9-10-22(20)29-23(21)24(31(27)26(30)34)17-7-5-8-18(32)14-17/h1,5,7-10,14-15,24,28-29,32H,6,11-13,16H2,2-3H3. The van der Waals surface area contributed by atoms with Crippen LogP contribution < -0.4 is 10.1 Å². The molecule has 1 fully saturated rings. The minimum atomic E-state index is -1.06. The predicted octanol–water partition coefficient (Wildman–Crippen LogP) is 3.16. The van der Waals surface area contributed by atoms with Crippen LogP contribution in [0.1, 0.15) is 36.2 Å². The van der Waals surface area contributed by atoms with E-state index < -0.39 is 11.6 Å². The highest BCUT2D eigenvalue weighted by Gasteiger charge is 2.60. The average molecular weight is 473 g/mol. The van der Waals surface area contributed by atoms with E-state index in [2.05, 4.69) is 16.2 Å². The molecule has 3 aromatic rings. The van der Waals surface area contributed by atoms with Crippen molar-refractivity contribution in [3.8, 4) is 23.8 Å². The van der Waals surface area contributed by atoms with Gasteiger partial charge in [-0.2, -0.15) is 0 Å². The van der Waals surface area contributed by atoms with Crippen LogP contribution in [0.4, 0.5) is 4.79 Å². The van der Waals surface area contributed by atoms with Gasteiger partial charge in [0.05, 0.1) is 13.7 Å². The van der Waals surface area contributed by atoms with Gasteiger partial charge in [-0.25, -0.2) is 4.79 Å². The smallest absolute Gasteiger partial charge is 0.328 e. The number of terminal acetylenes is 1. The first-order chi connectivity index (χ1) is 16.9. The molecule has 1 saturated heterocycles. The van der Waals surface area contributed by atoms with E-state index in [-0.39, 0.29) is 17.7 Å². The number of carbonyl (C=O) groups is 2. The van der Waals surface area contributed by atoms with Crippen molar-refractivity contribution in [2.75, 3.05) is 26.7 Å². The molecule has 2 aliphatic heterocycles. The maximum Gasteiger partial charge on any atom is 0.328 e. The number of aromatic nitrogens is 1. The largest absolute Gasteiger partial charge is 0.508 e. The third-order valence-corrected chi connectivity index (χ3v) is 7.02. The van der Waals surface area contributed by atoms with Gasteiger partial charge in [0, 0.05) is 29.6 Å². The van der Waals surface area contributed by atoms with Crippen LogP contribution in [0, 0.1) is 12.3 Å². The second kappa shape index (κ2) is 8.67. The van der Waals surface area contributed by atoms with Crippen molar-refractivity contribution in [2.24, 2.45) is 0 Å². The van der Waals surface area contributed by atoms with E-state index in [1.165, 1.54) is 4.90 Å². The first kappa shape index (κ1) is 22.8. The van der Waals surface area contributed by atoms with Crippen LogP contribution in [0.2, 0.25) is 0 Å². The number of ether oxygens (including phenoxy) is 1. The summed E-state index contributed by atoms with van der Waals surface area (Å²) in [7, 11) is 1.62. The number of H-pyrrole nitrogens is 1. The summed E-state index contributed by atoms with van der Waals surface area (Å²) in [5, 5.41) is 14.3. The van der Waals surface area contributed by atoms with Crippen molar-refractivity contribution < 1.29 is 19.4 Å². The third kappa shape index (κ3) is 3.60. The Bertz CT molecular complexity index is 1360. The fourth-order valence-electron chi connectivity index (χ4n) is 5.38. The Morgan fingerprint density at radius 2 is 2.11 bits per heavy atom. The topological polar surface area (TPSA) is 97.9 Å². The van der Waals surface area contributed by atoms with Gasteiger partial charge in [-0.3, -0.25) is 14.6 Å². The molecule has 35 heavy (non-hydrogen) atoms. The van der Waals surface area contributed by atoms with Crippen LogP contribution in [0.3, 0.4) is 0 Å². The summed E-state index contributed by atoms with van der Waals surface area (Å²) < 4.78 is 5.44. The van der Waals surface area contributed by atoms with E-state index in [4.69, 9.17) is 11.2 Å². The zero-order valence-electron chi connectivity index (χ0n) is 19.8. The SMILES string of the molecule is C#CCNCCCN1C(=O)N2C(c3cccc(O)c3)c3[nH]c4ccc(OC)cc4c3CC2(C)C1=O. The minimum Gasteiger partial charge on any atom is -0.508 e. The summed E-state index contributed by atoms with van der Waals surface area (Å²) in [6.07, 6.45) is 6.26. The summed E-state index contributed by atoms with van der Waals surface area (Å²) in [6.45, 7) is 3.19. The highest BCUT2D eigenvalue weighted by atomic mass is 16.5. The van der Waals surface area contributed by atoms with Gasteiger partial charge in [0.25, 0.3) is 5.91 Å². The number of imide groups is 1. The number of hydrogen-bond donors (Lipinski definition) is 3. The number of benzene rings is 2. The molecule has 8 heteroatoms. The van der Waals surface area contributed by atoms with E-state index in [1.54, 1.807) is 30.2 Å². The normalized spacial score (nSPS) is 21.2. The number of fused-ring (bicyclic) bond motifs is 4. The number of aromatic hydroxyl groups is 1. The van der Waals surface area contributed by atoms with Crippen LogP contribution in [-0.2, 0) is 11.2 Å². The number of methoxy groups -OCH3 is 1. The zero-order chi connectivity index (χ0) is 24.7. The molecular weight excluding hydrogens is 444 g/mol. The molecule has 8 nitrogen and oxygen atoms in total. The van der Waals surface area contributed by atoms with Gasteiger partial charge in [-0.05, 0) is 61.3 Å². The number of hydrogen-bond acceptors (Lipinski definition) is 5. The molecule has 0 saturated carbocycles. The van der Waals surface area contributed by atoms with E-state index in [1.807, 2.05) is 31.2 Å². The number of aromatic amines is 1. The number of urea groups is 1. The average Bonchev–Trinajstić information content (AvgIpc) is 3.29. The van der Waals surface area contributed by atoms with Crippen molar-refractivity contribution >= 4 is 22.8 Å².